The van der Waals surface area contributed by atoms with Crippen LogP contribution in [0.1, 0.15) is 32.3 Å². The summed E-state index contributed by atoms with van der Waals surface area (Å²) in [4.78, 5) is 17.4. The largest absolute Gasteiger partial charge is 0.342 e. The van der Waals surface area contributed by atoms with Crippen LogP contribution >= 0.6 is 0 Å². The molecule has 1 saturated heterocycles. The highest BCUT2D eigenvalue weighted by molar-refractivity contribution is 5.88. The number of benzene rings is 1. The number of hydrogen-bond donors (Lipinski definition) is 0. The predicted molar refractivity (Wildman–Crippen MR) is 82.8 cm³/mol. The SMILES string of the molecule is CCN(CC)C(=O)C1(c2ccccc2)CCN(C)CC1. The predicted octanol–water partition coefficient (Wildman–Crippen LogP) is 2.52. The van der Waals surface area contributed by atoms with E-state index in [9.17, 15) is 4.79 Å². The first kappa shape index (κ1) is 15.0. The van der Waals surface area contributed by atoms with Gasteiger partial charge in [0.05, 0.1) is 5.41 Å². The summed E-state index contributed by atoms with van der Waals surface area (Å²) in [5, 5.41) is 0. The molecule has 0 saturated carbocycles. The molecule has 0 aliphatic carbocycles. The van der Waals surface area contributed by atoms with Crippen LogP contribution in [0.3, 0.4) is 0 Å². The van der Waals surface area contributed by atoms with E-state index in [4.69, 9.17) is 0 Å². The Labute approximate surface area is 122 Å². The molecule has 1 amide bonds. The summed E-state index contributed by atoms with van der Waals surface area (Å²) in [7, 11) is 2.14. The highest BCUT2D eigenvalue weighted by Crippen LogP contribution is 2.37. The summed E-state index contributed by atoms with van der Waals surface area (Å²) >= 11 is 0. The topological polar surface area (TPSA) is 23.6 Å². The van der Waals surface area contributed by atoms with E-state index in [1.54, 1.807) is 0 Å². The van der Waals surface area contributed by atoms with Crippen molar-refractivity contribution < 1.29 is 4.79 Å². The van der Waals surface area contributed by atoms with E-state index in [0.29, 0.717) is 5.91 Å². The first-order valence-corrected chi connectivity index (χ1v) is 7.67. The molecule has 3 heteroatoms. The molecule has 0 bridgehead atoms. The molecule has 1 fully saturated rings. The Morgan fingerprint density at radius 1 is 1.15 bits per heavy atom. The van der Waals surface area contributed by atoms with E-state index in [-0.39, 0.29) is 5.41 Å². The summed E-state index contributed by atoms with van der Waals surface area (Å²) in [5.74, 6) is 0.307. The second kappa shape index (κ2) is 6.40. The van der Waals surface area contributed by atoms with Crippen molar-refractivity contribution in [3.63, 3.8) is 0 Å². The third-order valence-electron chi connectivity index (χ3n) is 4.63. The third kappa shape index (κ3) is 2.73. The summed E-state index contributed by atoms with van der Waals surface area (Å²) in [6.45, 7) is 7.69. The zero-order valence-corrected chi connectivity index (χ0v) is 12.9. The molecule has 1 aliphatic rings. The van der Waals surface area contributed by atoms with Crippen LogP contribution in [0.5, 0.6) is 0 Å². The van der Waals surface area contributed by atoms with Crippen molar-refractivity contribution in [3.05, 3.63) is 35.9 Å². The molecule has 110 valence electrons. The van der Waals surface area contributed by atoms with Crippen molar-refractivity contribution in [1.82, 2.24) is 9.80 Å². The zero-order chi connectivity index (χ0) is 14.6. The summed E-state index contributed by atoms with van der Waals surface area (Å²) < 4.78 is 0. The maximum atomic E-state index is 13.1. The van der Waals surface area contributed by atoms with E-state index in [2.05, 4.69) is 37.9 Å². The van der Waals surface area contributed by atoms with Crippen molar-refractivity contribution in [2.24, 2.45) is 0 Å². The van der Waals surface area contributed by atoms with Crippen LogP contribution in [-0.4, -0.2) is 48.9 Å². The molecule has 2 rings (SSSR count). The maximum absolute atomic E-state index is 13.1. The van der Waals surface area contributed by atoms with Gasteiger partial charge in [-0.1, -0.05) is 30.3 Å². The Bertz CT molecular complexity index is 432. The summed E-state index contributed by atoms with van der Waals surface area (Å²) in [5.41, 5.74) is 0.866. The van der Waals surface area contributed by atoms with Gasteiger partial charge >= 0.3 is 0 Å². The minimum absolute atomic E-state index is 0.307. The molecule has 0 atom stereocenters. The lowest BCUT2D eigenvalue weighted by Gasteiger charge is -2.42. The average molecular weight is 274 g/mol. The van der Waals surface area contributed by atoms with Crippen molar-refractivity contribution in [2.75, 3.05) is 33.2 Å². The van der Waals surface area contributed by atoms with Gasteiger partial charge in [0.15, 0.2) is 0 Å². The van der Waals surface area contributed by atoms with Gasteiger partial charge in [-0.05, 0) is 52.4 Å². The number of likely N-dealkylation sites (tertiary alicyclic amines) is 1. The van der Waals surface area contributed by atoms with Gasteiger partial charge in [0.25, 0.3) is 0 Å². The van der Waals surface area contributed by atoms with Gasteiger partial charge in [0.2, 0.25) is 5.91 Å². The summed E-state index contributed by atoms with van der Waals surface area (Å²) in [6, 6.07) is 10.4. The number of hydrogen-bond acceptors (Lipinski definition) is 2. The normalized spacial score (nSPS) is 18.8. The fourth-order valence-corrected chi connectivity index (χ4v) is 3.20. The van der Waals surface area contributed by atoms with Crippen LogP contribution < -0.4 is 0 Å². The Hall–Kier alpha value is -1.35. The van der Waals surface area contributed by atoms with Crippen molar-refractivity contribution >= 4 is 5.91 Å². The van der Waals surface area contributed by atoms with Crippen LogP contribution in [0, 0.1) is 0 Å². The summed E-state index contributed by atoms with van der Waals surface area (Å²) in [6.07, 6.45) is 1.84. The maximum Gasteiger partial charge on any atom is 0.233 e. The zero-order valence-electron chi connectivity index (χ0n) is 12.9. The molecule has 0 radical (unpaired) electrons. The Kier molecular flexibility index (Phi) is 4.81. The lowest BCUT2D eigenvalue weighted by Crippen LogP contribution is -2.52. The highest BCUT2D eigenvalue weighted by atomic mass is 16.2. The molecule has 20 heavy (non-hydrogen) atoms. The number of likely N-dealkylation sites (N-methyl/N-ethyl adjacent to an activating group) is 1. The van der Waals surface area contributed by atoms with Crippen molar-refractivity contribution in [3.8, 4) is 0 Å². The van der Waals surface area contributed by atoms with Crippen LogP contribution in [-0.2, 0) is 10.2 Å². The van der Waals surface area contributed by atoms with Gasteiger partial charge in [-0.3, -0.25) is 4.79 Å². The van der Waals surface area contributed by atoms with E-state index in [1.165, 1.54) is 5.56 Å². The number of amides is 1. The molecule has 1 aliphatic heterocycles. The van der Waals surface area contributed by atoms with Gasteiger partial charge in [-0.15, -0.1) is 0 Å². The number of carbonyl (C=O) groups excluding carboxylic acids is 1. The lowest BCUT2D eigenvalue weighted by atomic mass is 9.71. The molecule has 3 nitrogen and oxygen atoms in total. The molecular weight excluding hydrogens is 248 g/mol. The second-order valence-electron chi connectivity index (χ2n) is 5.73. The van der Waals surface area contributed by atoms with E-state index >= 15 is 0 Å². The first-order valence-electron chi connectivity index (χ1n) is 7.67. The average Bonchev–Trinajstić information content (AvgIpc) is 2.50. The quantitative estimate of drug-likeness (QED) is 0.842. The Balaban J connectivity index is 2.37. The van der Waals surface area contributed by atoms with Gasteiger partial charge in [-0.2, -0.15) is 0 Å². The molecular formula is C17H26N2O. The number of carbonyl (C=O) groups is 1. The minimum atomic E-state index is -0.320. The van der Waals surface area contributed by atoms with Crippen LogP contribution in [0.4, 0.5) is 0 Å². The van der Waals surface area contributed by atoms with Gasteiger partial charge in [0.1, 0.15) is 0 Å². The van der Waals surface area contributed by atoms with Crippen LogP contribution in [0.15, 0.2) is 30.3 Å². The molecule has 1 aromatic carbocycles. The standard InChI is InChI=1S/C17H26N2O/c1-4-19(5-2)16(20)17(11-13-18(3)14-12-17)15-9-7-6-8-10-15/h6-10H,4-5,11-14H2,1-3H3. The molecule has 0 aromatic heterocycles. The Morgan fingerprint density at radius 3 is 2.20 bits per heavy atom. The highest BCUT2D eigenvalue weighted by Gasteiger charge is 2.43. The molecule has 0 spiro atoms. The molecule has 0 unspecified atom stereocenters. The van der Waals surface area contributed by atoms with Crippen molar-refractivity contribution in [2.45, 2.75) is 32.1 Å². The molecule has 0 N–H and O–H groups in total. The van der Waals surface area contributed by atoms with E-state index < -0.39 is 0 Å². The van der Waals surface area contributed by atoms with Crippen molar-refractivity contribution in [1.29, 1.82) is 0 Å². The fourth-order valence-electron chi connectivity index (χ4n) is 3.20. The molecule has 1 heterocycles. The van der Waals surface area contributed by atoms with E-state index in [1.807, 2.05) is 23.1 Å². The first-order chi connectivity index (χ1) is 9.64. The fraction of sp³-hybridized carbons (Fsp3) is 0.588. The van der Waals surface area contributed by atoms with Gasteiger partial charge in [-0.25, -0.2) is 0 Å². The number of nitrogens with zero attached hydrogens (tertiary/aromatic N) is 2. The van der Waals surface area contributed by atoms with Crippen LogP contribution in [0.25, 0.3) is 0 Å². The van der Waals surface area contributed by atoms with Crippen LogP contribution in [0.2, 0.25) is 0 Å². The minimum Gasteiger partial charge on any atom is -0.342 e. The van der Waals surface area contributed by atoms with Gasteiger partial charge in [0, 0.05) is 13.1 Å². The molecule has 1 aromatic rings. The van der Waals surface area contributed by atoms with E-state index in [0.717, 1.165) is 39.0 Å². The lowest BCUT2D eigenvalue weighted by molar-refractivity contribution is -0.139. The number of rotatable bonds is 4. The number of piperidine rings is 1. The third-order valence-corrected chi connectivity index (χ3v) is 4.63. The smallest absolute Gasteiger partial charge is 0.233 e. The monoisotopic (exact) mass is 274 g/mol. The van der Waals surface area contributed by atoms with Gasteiger partial charge < -0.3 is 9.80 Å². The second-order valence-corrected chi connectivity index (χ2v) is 5.73. The Morgan fingerprint density at radius 2 is 1.70 bits per heavy atom.